The van der Waals surface area contributed by atoms with Crippen molar-refractivity contribution in [1.82, 2.24) is 4.90 Å². The third-order valence-corrected chi connectivity index (χ3v) is 2.48. The van der Waals surface area contributed by atoms with Gasteiger partial charge in [0.2, 0.25) is 0 Å². The molecule has 0 radical (unpaired) electrons. The summed E-state index contributed by atoms with van der Waals surface area (Å²) in [6.07, 6.45) is 0.356. The van der Waals surface area contributed by atoms with Crippen molar-refractivity contribution in [2.75, 3.05) is 13.6 Å². The summed E-state index contributed by atoms with van der Waals surface area (Å²) in [5.41, 5.74) is 0.583. The number of ether oxygens (including phenoxy) is 1. The Labute approximate surface area is 114 Å². The first kappa shape index (κ1) is 15.6. The molecule has 106 valence electrons. The van der Waals surface area contributed by atoms with Crippen LogP contribution in [0.3, 0.4) is 0 Å². The highest BCUT2D eigenvalue weighted by Gasteiger charge is 2.16. The Morgan fingerprint density at radius 2 is 1.84 bits per heavy atom. The first-order valence-corrected chi connectivity index (χ1v) is 6.41. The van der Waals surface area contributed by atoms with E-state index in [1.165, 1.54) is 12.1 Å². The highest BCUT2D eigenvalue weighted by atomic mass is 19.1. The molecule has 1 rings (SSSR count). The minimum absolute atomic E-state index is 0.196. The van der Waals surface area contributed by atoms with Gasteiger partial charge in [-0.25, -0.2) is 4.39 Å². The zero-order valence-corrected chi connectivity index (χ0v) is 12.1. The molecule has 0 fully saturated rings. The predicted octanol–water partition coefficient (Wildman–Crippen LogP) is 2.99. The van der Waals surface area contributed by atoms with E-state index < -0.39 is 5.60 Å². The van der Waals surface area contributed by atoms with E-state index >= 15 is 0 Å². The average molecular weight is 267 g/mol. The molecule has 0 N–H and O–H groups in total. The van der Waals surface area contributed by atoms with E-state index in [1.807, 2.05) is 32.7 Å². The fraction of sp³-hybridized carbons (Fsp3) is 0.533. The maximum atomic E-state index is 12.8. The summed E-state index contributed by atoms with van der Waals surface area (Å²) in [6, 6.07) is 6.38. The zero-order valence-electron chi connectivity index (χ0n) is 12.1. The first-order chi connectivity index (χ1) is 8.76. The summed E-state index contributed by atoms with van der Waals surface area (Å²) in [7, 11) is 1.92. The number of hydrogen-bond donors (Lipinski definition) is 0. The van der Waals surface area contributed by atoms with Crippen molar-refractivity contribution >= 4 is 5.97 Å². The van der Waals surface area contributed by atoms with Gasteiger partial charge in [-0.05, 0) is 45.5 Å². The smallest absolute Gasteiger partial charge is 0.307 e. The minimum Gasteiger partial charge on any atom is -0.460 e. The van der Waals surface area contributed by atoms with Gasteiger partial charge >= 0.3 is 5.97 Å². The van der Waals surface area contributed by atoms with Gasteiger partial charge in [0.05, 0.1) is 6.42 Å². The number of hydrogen-bond acceptors (Lipinski definition) is 3. The van der Waals surface area contributed by atoms with Crippen LogP contribution in [0.5, 0.6) is 0 Å². The SMILES string of the molecule is CN(CCC(=O)OC(C)(C)C)Cc1ccc(F)cc1. The van der Waals surface area contributed by atoms with Crippen molar-refractivity contribution in [1.29, 1.82) is 0 Å². The normalized spacial score (nSPS) is 11.7. The van der Waals surface area contributed by atoms with Crippen LogP contribution in [-0.4, -0.2) is 30.1 Å². The van der Waals surface area contributed by atoms with E-state index in [-0.39, 0.29) is 11.8 Å². The molecule has 0 bridgehead atoms. The van der Waals surface area contributed by atoms with E-state index in [1.54, 1.807) is 12.1 Å². The summed E-state index contributed by atoms with van der Waals surface area (Å²) in [5.74, 6) is -0.432. The summed E-state index contributed by atoms with van der Waals surface area (Å²) < 4.78 is 18.0. The van der Waals surface area contributed by atoms with Crippen LogP contribution < -0.4 is 0 Å². The molecule has 0 amide bonds. The number of benzene rings is 1. The van der Waals surface area contributed by atoms with Gasteiger partial charge in [0.15, 0.2) is 0 Å². The quantitative estimate of drug-likeness (QED) is 0.768. The molecule has 0 aliphatic rings. The Hall–Kier alpha value is -1.42. The van der Waals surface area contributed by atoms with E-state index in [0.29, 0.717) is 19.5 Å². The molecule has 0 aromatic heterocycles. The lowest BCUT2D eigenvalue weighted by atomic mass is 10.2. The number of nitrogens with zero attached hydrogens (tertiary/aromatic N) is 1. The number of halogens is 1. The van der Waals surface area contributed by atoms with E-state index in [9.17, 15) is 9.18 Å². The van der Waals surface area contributed by atoms with E-state index in [2.05, 4.69) is 0 Å². The Balaban J connectivity index is 2.33. The van der Waals surface area contributed by atoms with Crippen LogP contribution in [-0.2, 0) is 16.1 Å². The summed E-state index contributed by atoms with van der Waals surface area (Å²) >= 11 is 0. The van der Waals surface area contributed by atoms with Gasteiger partial charge in [0.1, 0.15) is 11.4 Å². The lowest BCUT2D eigenvalue weighted by Crippen LogP contribution is -2.27. The average Bonchev–Trinajstić information content (AvgIpc) is 2.27. The van der Waals surface area contributed by atoms with Crippen LogP contribution >= 0.6 is 0 Å². The second-order valence-corrected chi connectivity index (χ2v) is 5.70. The second kappa shape index (κ2) is 6.66. The lowest BCUT2D eigenvalue weighted by Gasteiger charge is -2.21. The summed E-state index contributed by atoms with van der Waals surface area (Å²) in [5, 5.41) is 0. The minimum atomic E-state index is -0.438. The lowest BCUT2D eigenvalue weighted by molar-refractivity contribution is -0.155. The van der Waals surface area contributed by atoms with Crippen molar-refractivity contribution in [2.24, 2.45) is 0 Å². The third-order valence-electron chi connectivity index (χ3n) is 2.48. The zero-order chi connectivity index (χ0) is 14.5. The fourth-order valence-electron chi connectivity index (χ4n) is 1.66. The van der Waals surface area contributed by atoms with Gasteiger partial charge in [-0.2, -0.15) is 0 Å². The van der Waals surface area contributed by atoms with Crippen molar-refractivity contribution in [3.05, 3.63) is 35.6 Å². The maximum Gasteiger partial charge on any atom is 0.307 e. The Morgan fingerprint density at radius 3 is 2.37 bits per heavy atom. The molecule has 0 unspecified atom stereocenters. The van der Waals surface area contributed by atoms with Gasteiger partial charge in [-0.15, -0.1) is 0 Å². The van der Waals surface area contributed by atoms with Crippen molar-refractivity contribution in [3.63, 3.8) is 0 Å². The molecule has 0 aliphatic carbocycles. The maximum absolute atomic E-state index is 12.8. The van der Waals surface area contributed by atoms with Crippen molar-refractivity contribution < 1.29 is 13.9 Å². The molecule has 1 aromatic carbocycles. The molecule has 0 heterocycles. The van der Waals surface area contributed by atoms with Crippen LogP contribution in [0.2, 0.25) is 0 Å². The first-order valence-electron chi connectivity index (χ1n) is 6.41. The molecule has 4 heteroatoms. The Morgan fingerprint density at radius 1 is 1.26 bits per heavy atom. The molecule has 0 spiro atoms. The number of carbonyl (C=O) groups is 1. The molecule has 19 heavy (non-hydrogen) atoms. The molecule has 3 nitrogen and oxygen atoms in total. The fourth-order valence-corrected chi connectivity index (χ4v) is 1.66. The molecular formula is C15H22FNO2. The van der Waals surface area contributed by atoms with E-state index in [0.717, 1.165) is 5.56 Å². The summed E-state index contributed by atoms with van der Waals surface area (Å²) in [6.45, 7) is 6.86. The number of carbonyl (C=O) groups excluding carboxylic acids is 1. The number of esters is 1. The molecule has 0 saturated heterocycles. The third kappa shape index (κ3) is 6.91. The largest absolute Gasteiger partial charge is 0.460 e. The van der Waals surface area contributed by atoms with Crippen molar-refractivity contribution in [3.8, 4) is 0 Å². The van der Waals surface area contributed by atoms with Crippen LogP contribution in [0, 0.1) is 5.82 Å². The van der Waals surface area contributed by atoms with Gasteiger partial charge in [0, 0.05) is 13.1 Å². The topological polar surface area (TPSA) is 29.5 Å². The van der Waals surface area contributed by atoms with Crippen LogP contribution in [0.4, 0.5) is 4.39 Å². The van der Waals surface area contributed by atoms with Gasteiger partial charge in [-0.1, -0.05) is 12.1 Å². The highest BCUT2D eigenvalue weighted by molar-refractivity contribution is 5.70. The predicted molar refractivity (Wildman–Crippen MR) is 73.2 cm³/mol. The van der Waals surface area contributed by atoms with Gasteiger partial charge in [-0.3, -0.25) is 4.79 Å². The Bertz CT molecular complexity index is 409. The van der Waals surface area contributed by atoms with Crippen LogP contribution in [0.15, 0.2) is 24.3 Å². The van der Waals surface area contributed by atoms with Crippen molar-refractivity contribution in [2.45, 2.75) is 39.3 Å². The summed E-state index contributed by atoms with van der Waals surface area (Å²) in [4.78, 5) is 13.6. The van der Waals surface area contributed by atoms with E-state index in [4.69, 9.17) is 4.74 Å². The number of rotatable bonds is 5. The monoisotopic (exact) mass is 267 g/mol. The molecule has 1 aromatic rings. The standard InChI is InChI=1S/C15H22FNO2/c1-15(2,3)19-14(18)9-10-17(4)11-12-5-7-13(16)8-6-12/h5-8H,9-11H2,1-4H3. The van der Waals surface area contributed by atoms with Gasteiger partial charge < -0.3 is 9.64 Å². The molecule has 0 atom stereocenters. The van der Waals surface area contributed by atoms with Crippen LogP contribution in [0.1, 0.15) is 32.8 Å². The Kier molecular flexibility index (Phi) is 5.48. The van der Waals surface area contributed by atoms with Crippen LogP contribution in [0.25, 0.3) is 0 Å². The molecule has 0 aliphatic heterocycles. The van der Waals surface area contributed by atoms with Gasteiger partial charge in [0.25, 0.3) is 0 Å². The second-order valence-electron chi connectivity index (χ2n) is 5.70. The molecule has 0 saturated carbocycles. The molecular weight excluding hydrogens is 245 g/mol. The highest BCUT2D eigenvalue weighted by Crippen LogP contribution is 2.09.